The summed E-state index contributed by atoms with van der Waals surface area (Å²) in [4.78, 5) is 9.00. The van der Waals surface area contributed by atoms with Crippen molar-refractivity contribution in [3.05, 3.63) is 0 Å². The Bertz CT molecular complexity index is 235. The second-order valence-electron chi connectivity index (χ2n) is 4.52. The number of rotatable bonds is 2. The van der Waals surface area contributed by atoms with Crippen molar-refractivity contribution in [3.8, 4) is 0 Å². The third kappa shape index (κ3) is 11.0. The van der Waals surface area contributed by atoms with Gasteiger partial charge in [0.05, 0.1) is 5.54 Å². The maximum atomic E-state index is 9.00. The van der Waals surface area contributed by atoms with E-state index in [1.54, 1.807) is 0 Å². The van der Waals surface area contributed by atoms with Gasteiger partial charge < -0.3 is 15.4 Å². The molecular formula is C9H23N3O3Si. The van der Waals surface area contributed by atoms with Gasteiger partial charge in [0.1, 0.15) is 0 Å². The van der Waals surface area contributed by atoms with E-state index in [0.29, 0.717) is 0 Å². The fraction of sp³-hybridized carbons (Fsp3) is 0.778. The van der Waals surface area contributed by atoms with Gasteiger partial charge >= 0.3 is 0 Å². The Morgan fingerprint density at radius 2 is 1.75 bits per heavy atom. The van der Waals surface area contributed by atoms with Gasteiger partial charge in [-0.2, -0.15) is 0 Å². The van der Waals surface area contributed by atoms with Crippen LogP contribution in [0.3, 0.4) is 0 Å². The zero-order valence-corrected chi connectivity index (χ0v) is 12.0. The number of nitrogens with one attached hydrogen (secondary N) is 1. The molecule has 7 heteroatoms. The molecule has 0 spiro atoms. The minimum Gasteiger partial charge on any atom is -0.481 e. The van der Waals surface area contributed by atoms with Gasteiger partial charge in [-0.15, -0.1) is 0 Å². The van der Waals surface area contributed by atoms with Gasteiger partial charge in [-0.25, -0.2) is 5.06 Å². The molecule has 16 heavy (non-hydrogen) atoms. The number of nitrogens with two attached hydrogens (primary N) is 1. The molecule has 0 aromatic heterocycles. The number of aliphatic carboxylic acids is 1. The van der Waals surface area contributed by atoms with Gasteiger partial charge in [0.25, 0.3) is 5.97 Å². The quantitative estimate of drug-likeness (QED) is 0.293. The van der Waals surface area contributed by atoms with Gasteiger partial charge in [-0.05, 0) is 33.9 Å². The Hall–Kier alpha value is -1.08. The SMILES string of the molecule is CC(=O)O.C[SiH](C)ON(C(=N)N)C(C)(C)C. The Morgan fingerprint density at radius 1 is 1.44 bits per heavy atom. The second-order valence-corrected chi connectivity index (χ2v) is 6.83. The van der Waals surface area contributed by atoms with Gasteiger partial charge in [0.2, 0.25) is 15.0 Å². The molecule has 0 atom stereocenters. The first kappa shape index (κ1) is 17.3. The Balaban J connectivity index is 0. The minimum absolute atomic E-state index is 0.0244. The van der Waals surface area contributed by atoms with Crippen molar-refractivity contribution in [1.29, 1.82) is 5.41 Å². The Morgan fingerprint density at radius 3 is 1.81 bits per heavy atom. The molecule has 0 unspecified atom stereocenters. The summed E-state index contributed by atoms with van der Waals surface area (Å²) in [5.41, 5.74) is 5.14. The van der Waals surface area contributed by atoms with E-state index in [-0.39, 0.29) is 11.5 Å². The lowest BCUT2D eigenvalue weighted by atomic mass is 10.1. The highest BCUT2D eigenvalue weighted by Gasteiger charge is 2.24. The molecule has 6 nitrogen and oxygen atoms in total. The van der Waals surface area contributed by atoms with Crippen molar-refractivity contribution in [1.82, 2.24) is 5.06 Å². The monoisotopic (exact) mass is 249 g/mol. The fourth-order valence-corrected chi connectivity index (χ4v) is 1.64. The lowest BCUT2D eigenvalue weighted by molar-refractivity contribution is -0.134. The highest BCUT2D eigenvalue weighted by atomic mass is 28.3. The highest BCUT2D eigenvalue weighted by Crippen LogP contribution is 2.13. The average molecular weight is 249 g/mol. The molecule has 0 amide bonds. The lowest BCUT2D eigenvalue weighted by Crippen LogP contribution is -2.50. The van der Waals surface area contributed by atoms with Gasteiger partial charge in [-0.1, -0.05) is 0 Å². The van der Waals surface area contributed by atoms with Crippen molar-refractivity contribution in [2.75, 3.05) is 0 Å². The molecule has 0 saturated heterocycles. The number of carboxylic acids is 1. The number of hydrogen-bond acceptors (Lipinski definition) is 3. The molecule has 0 bridgehead atoms. The van der Waals surface area contributed by atoms with E-state index in [2.05, 4.69) is 0 Å². The summed E-state index contributed by atoms with van der Waals surface area (Å²) in [6.45, 7) is 11.1. The number of carboxylic acid groups (broad SMARTS) is 1. The van der Waals surface area contributed by atoms with Crippen LogP contribution in [0.25, 0.3) is 0 Å². The summed E-state index contributed by atoms with van der Waals surface area (Å²) in [6.07, 6.45) is 0. The van der Waals surface area contributed by atoms with Crippen molar-refractivity contribution >= 4 is 21.0 Å². The third-order valence-corrected chi connectivity index (χ3v) is 1.78. The van der Waals surface area contributed by atoms with E-state index in [0.717, 1.165) is 6.92 Å². The van der Waals surface area contributed by atoms with Crippen LogP contribution >= 0.6 is 0 Å². The van der Waals surface area contributed by atoms with Crippen molar-refractivity contribution in [3.63, 3.8) is 0 Å². The lowest BCUT2D eigenvalue weighted by Gasteiger charge is -2.36. The van der Waals surface area contributed by atoms with Crippen molar-refractivity contribution < 1.29 is 14.4 Å². The number of hydroxylamine groups is 2. The van der Waals surface area contributed by atoms with Crippen LogP contribution in [0.15, 0.2) is 0 Å². The number of nitrogens with zero attached hydrogens (tertiary/aromatic N) is 1. The first-order chi connectivity index (χ1) is 6.98. The van der Waals surface area contributed by atoms with E-state index in [4.69, 9.17) is 25.6 Å². The maximum Gasteiger partial charge on any atom is 0.300 e. The van der Waals surface area contributed by atoms with Crippen molar-refractivity contribution in [2.45, 2.75) is 46.3 Å². The summed E-state index contributed by atoms with van der Waals surface area (Å²) in [6, 6.07) is 0. The molecule has 0 aromatic carbocycles. The largest absolute Gasteiger partial charge is 0.481 e. The van der Waals surface area contributed by atoms with Crippen LogP contribution in [0.4, 0.5) is 0 Å². The highest BCUT2D eigenvalue weighted by molar-refractivity contribution is 6.48. The Kier molecular flexibility index (Phi) is 7.83. The van der Waals surface area contributed by atoms with Crippen LogP contribution in [-0.4, -0.2) is 36.7 Å². The fourth-order valence-electron chi connectivity index (χ4n) is 0.787. The van der Waals surface area contributed by atoms with E-state index in [1.807, 2.05) is 33.9 Å². The molecule has 0 aliphatic heterocycles. The molecule has 0 aliphatic rings. The van der Waals surface area contributed by atoms with Crippen LogP contribution in [-0.2, 0) is 9.32 Å². The standard InChI is InChI=1S/C7H19N3OSi.C2H4O2/c1-7(2,3)10(6(8)9)11-12(4)5;1-2(3)4/h12H,1-5H3,(H3,8,9);1H3,(H,3,4). The summed E-state index contributed by atoms with van der Waals surface area (Å²) in [5, 5.41) is 16.2. The molecule has 0 heterocycles. The van der Waals surface area contributed by atoms with Gasteiger partial charge in [0.15, 0.2) is 0 Å². The number of hydrogen-bond donors (Lipinski definition) is 3. The van der Waals surface area contributed by atoms with E-state index in [9.17, 15) is 0 Å². The molecule has 4 N–H and O–H groups in total. The molecule has 0 saturated carbocycles. The molecule has 0 aliphatic carbocycles. The zero-order valence-electron chi connectivity index (χ0n) is 10.9. The smallest absolute Gasteiger partial charge is 0.300 e. The average Bonchev–Trinajstić information content (AvgIpc) is 1.95. The molecule has 0 rings (SSSR count). The molecule has 96 valence electrons. The zero-order chi connectivity index (χ0) is 13.5. The van der Waals surface area contributed by atoms with Gasteiger partial charge in [-0.3, -0.25) is 10.2 Å². The molecule has 0 aromatic rings. The predicted molar refractivity (Wildman–Crippen MR) is 66.8 cm³/mol. The summed E-state index contributed by atoms with van der Waals surface area (Å²) < 4.78 is 5.50. The molecular weight excluding hydrogens is 226 g/mol. The predicted octanol–water partition coefficient (Wildman–Crippen LogP) is 0.986. The summed E-state index contributed by atoms with van der Waals surface area (Å²) in [5.74, 6) is -0.858. The number of carbonyl (C=O) groups is 1. The third-order valence-electron chi connectivity index (χ3n) is 1.14. The second kappa shape index (κ2) is 7.23. The van der Waals surface area contributed by atoms with E-state index >= 15 is 0 Å². The normalized spacial score (nSPS) is 10.4. The van der Waals surface area contributed by atoms with Crippen LogP contribution in [0.1, 0.15) is 27.7 Å². The summed E-state index contributed by atoms with van der Waals surface area (Å²) >= 11 is 0. The van der Waals surface area contributed by atoms with Crippen molar-refractivity contribution in [2.24, 2.45) is 5.73 Å². The first-order valence-electron chi connectivity index (χ1n) is 4.99. The van der Waals surface area contributed by atoms with Crippen LogP contribution < -0.4 is 5.73 Å². The molecule has 0 radical (unpaired) electrons. The molecule has 0 fully saturated rings. The van der Waals surface area contributed by atoms with Crippen LogP contribution in [0.2, 0.25) is 13.1 Å². The van der Waals surface area contributed by atoms with Crippen LogP contribution in [0.5, 0.6) is 0 Å². The van der Waals surface area contributed by atoms with Gasteiger partial charge in [0, 0.05) is 6.92 Å². The van der Waals surface area contributed by atoms with E-state index in [1.165, 1.54) is 5.06 Å². The maximum absolute atomic E-state index is 9.00. The minimum atomic E-state index is -1.18. The topological polar surface area (TPSA) is 99.6 Å². The van der Waals surface area contributed by atoms with E-state index < -0.39 is 15.0 Å². The first-order valence-corrected chi connectivity index (χ1v) is 7.77. The number of guanidine groups is 1. The Labute approximate surface area is 98.6 Å². The van der Waals surface area contributed by atoms with Crippen LogP contribution in [0, 0.1) is 5.41 Å². The summed E-state index contributed by atoms with van der Waals surface area (Å²) in [7, 11) is -1.18.